The van der Waals surface area contributed by atoms with Gasteiger partial charge in [0.05, 0.1) is 12.6 Å². The van der Waals surface area contributed by atoms with Gasteiger partial charge < -0.3 is 5.11 Å². The Morgan fingerprint density at radius 3 is 2.67 bits per heavy atom. The molecule has 0 aromatic carbocycles. The molecule has 1 N–H and O–H groups in total. The highest BCUT2D eigenvalue weighted by Gasteiger charge is 2.31. The third-order valence-electron chi connectivity index (χ3n) is 4.53. The number of allylic oxidation sites excluding steroid dienone is 8. The zero-order valence-electron chi connectivity index (χ0n) is 15.5. The highest BCUT2D eigenvalue weighted by atomic mass is 16.2. The molecule has 0 aliphatic heterocycles. The second-order valence-corrected chi connectivity index (χ2v) is 6.97. The highest BCUT2D eigenvalue weighted by Crippen LogP contribution is 2.42. The van der Waals surface area contributed by atoms with Crippen molar-refractivity contribution in [1.82, 2.24) is 0 Å². The lowest BCUT2D eigenvalue weighted by Gasteiger charge is -2.35. The Morgan fingerprint density at radius 2 is 2.04 bits per heavy atom. The monoisotopic (exact) mass is 327 g/mol. The molecule has 0 saturated carbocycles. The fraction of sp³-hybridized carbons (Fsp3) is 0.500. The summed E-state index contributed by atoms with van der Waals surface area (Å²) in [5.41, 5.74) is 13.4. The summed E-state index contributed by atoms with van der Waals surface area (Å²) in [6.07, 6.45) is 14.0. The van der Waals surface area contributed by atoms with Crippen LogP contribution in [0.1, 0.15) is 47.5 Å². The van der Waals surface area contributed by atoms with Gasteiger partial charge >= 0.3 is 0 Å². The Hall–Kier alpha value is -2.03. The average Bonchev–Trinajstić information content (AvgIpc) is 2.50. The highest BCUT2D eigenvalue weighted by molar-refractivity contribution is 5.39. The number of aliphatic hydroxyl groups excluding tert-OH is 1. The van der Waals surface area contributed by atoms with Crippen LogP contribution in [-0.4, -0.2) is 17.8 Å². The van der Waals surface area contributed by atoms with Gasteiger partial charge in [0.2, 0.25) is 0 Å². The van der Waals surface area contributed by atoms with E-state index in [1.54, 1.807) is 6.08 Å². The van der Waals surface area contributed by atoms with Gasteiger partial charge in [0.25, 0.3) is 0 Å². The summed E-state index contributed by atoms with van der Waals surface area (Å²) in [6.45, 7) is 10.6. The molecule has 0 unspecified atom stereocenters. The number of rotatable bonds is 6. The van der Waals surface area contributed by atoms with Crippen LogP contribution in [0.4, 0.5) is 0 Å². The SMILES string of the molecule is CC1=C(/C=C/C(C)=C\C=C\C(C)=C/CO)C(C)(C)CC[C@H]1N=[N+]=[N-]. The topological polar surface area (TPSA) is 69.0 Å². The summed E-state index contributed by atoms with van der Waals surface area (Å²) < 4.78 is 0. The van der Waals surface area contributed by atoms with Crippen molar-refractivity contribution in [3.8, 4) is 0 Å². The summed E-state index contributed by atoms with van der Waals surface area (Å²) in [5, 5.41) is 12.8. The number of azide groups is 1. The van der Waals surface area contributed by atoms with Gasteiger partial charge in [-0.2, -0.15) is 0 Å². The first-order valence-corrected chi connectivity index (χ1v) is 8.38. The third-order valence-corrected chi connectivity index (χ3v) is 4.53. The van der Waals surface area contributed by atoms with Crippen LogP contribution in [0.5, 0.6) is 0 Å². The number of hydrogen-bond donors (Lipinski definition) is 1. The van der Waals surface area contributed by atoms with Gasteiger partial charge in [-0.3, -0.25) is 0 Å². The zero-order chi connectivity index (χ0) is 18.2. The zero-order valence-corrected chi connectivity index (χ0v) is 15.5. The van der Waals surface area contributed by atoms with Crippen molar-refractivity contribution in [2.45, 2.75) is 53.5 Å². The fourth-order valence-corrected chi connectivity index (χ4v) is 2.96. The van der Waals surface area contributed by atoms with Gasteiger partial charge in [-0.1, -0.05) is 72.1 Å². The van der Waals surface area contributed by atoms with Gasteiger partial charge in [0.15, 0.2) is 0 Å². The Morgan fingerprint density at radius 1 is 1.33 bits per heavy atom. The third kappa shape index (κ3) is 5.88. The normalized spacial score (nSPS) is 22.3. The van der Waals surface area contributed by atoms with Crippen LogP contribution in [0.15, 0.2) is 63.9 Å². The molecule has 4 nitrogen and oxygen atoms in total. The standard InChI is InChI=1S/C20H29N3O/c1-15(7-6-8-16(2)12-14-24)9-10-18-17(3)19(22-23-21)11-13-20(18,4)5/h6-10,12,19,24H,11,13-14H2,1-5H3/b8-6+,10-9+,15-7-,16-12-/t19-/m1/s1. The molecule has 1 aliphatic carbocycles. The van der Waals surface area contributed by atoms with Gasteiger partial charge in [-0.15, -0.1) is 0 Å². The number of hydrogen-bond acceptors (Lipinski definition) is 2. The van der Waals surface area contributed by atoms with Gasteiger partial charge in [-0.05, 0) is 50.1 Å². The molecule has 0 aromatic heterocycles. The molecule has 1 atom stereocenters. The van der Waals surface area contributed by atoms with Crippen LogP contribution < -0.4 is 0 Å². The van der Waals surface area contributed by atoms with E-state index in [0.29, 0.717) is 0 Å². The van der Waals surface area contributed by atoms with E-state index < -0.39 is 0 Å². The molecule has 0 bridgehead atoms. The van der Waals surface area contributed by atoms with E-state index in [-0.39, 0.29) is 18.1 Å². The predicted octanol–water partition coefficient (Wildman–Crippen LogP) is 5.80. The predicted molar refractivity (Wildman–Crippen MR) is 102 cm³/mol. The Labute approximate surface area is 145 Å². The van der Waals surface area contributed by atoms with E-state index in [1.807, 2.05) is 25.2 Å². The second-order valence-electron chi connectivity index (χ2n) is 6.97. The van der Waals surface area contributed by atoms with Crippen LogP contribution in [0, 0.1) is 5.41 Å². The molecule has 0 radical (unpaired) electrons. The molecule has 0 fully saturated rings. The van der Waals surface area contributed by atoms with Crippen molar-refractivity contribution in [1.29, 1.82) is 0 Å². The first-order chi connectivity index (χ1) is 11.3. The summed E-state index contributed by atoms with van der Waals surface area (Å²) >= 11 is 0. The molecular formula is C20H29N3O. The maximum absolute atomic E-state index is 8.84. The molecule has 130 valence electrons. The summed E-state index contributed by atoms with van der Waals surface area (Å²) in [7, 11) is 0. The van der Waals surface area contributed by atoms with E-state index in [2.05, 4.69) is 49.9 Å². The Kier molecular flexibility index (Phi) is 7.76. The minimum atomic E-state index is -0.0295. The molecule has 0 heterocycles. The minimum Gasteiger partial charge on any atom is -0.392 e. The molecule has 0 aromatic rings. The molecule has 1 rings (SSSR count). The lowest BCUT2D eigenvalue weighted by Crippen LogP contribution is -2.26. The first-order valence-electron chi connectivity index (χ1n) is 8.38. The van der Waals surface area contributed by atoms with Crippen LogP contribution in [0.2, 0.25) is 0 Å². The van der Waals surface area contributed by atoms with Gasteiger partial charge in [0.1, 0.15) is 0 Å². The maximum atomic E-state index is 8.84. The average molecular weight is 327 g/mol. The minimum absolute atomic E-state index is 0.0295. The molecule has 1 aliphatic rings. The van der Waals surface area contributed by atoms with E-state index >= 15 is 0 Å². The van der Waals surface area contributed by atoms with Crippen molar-refractivity contribution >= 4 is 0 Å². The lowest BCUT2D eigenvalue weighted by atomic mass is 9.71. The van der Waals surface area contributed by atoms with E-state index in [9.17, 15) is 0 Å². The van der Waals surface area contributed by atoms with Crippen LogP contribution in [0.25, 0.3) is 10.4 Å². The van der Waals surface area contributed by atoms with E-state index in [4.69, 9.17) is 10.6 Å². The second kappa shape index (κ2) is 9.31. The summed E-state index contributed by atoms with van der Waals surface area (Å²) in [4.78, 5) is 2.98. The fourth-order valence-electron chi connectivity index (χ4n) is 2.96. The van der Waals surface area contributed by atoms with Crippen molar-refractivity contribution in [2.24, 2.45) is 10.5 Å². The van der Waals surface area contributed by atoms with Crippen molar-refractivity contribution in [3.63, 3.8) is 0 Å². The van der Waals surface area contributed by atoms with Crippen LogP contribution in [-0.2, 0) is 0 Å². The largest absolute Gasteiger partial charge is 0.392 e. The number of nitrogens with zero attached hydrogens (tertiary/aromatic N) is 3. The Bertz CT molecular complexity index is 642. The summed E-state index contributed by atoms with van der Waals surface area (Å²) in [5.74, 6) is 0. The summed E-state index contributed by atoms with van der Waals surface area (Å²) in [6, 6.07) is -0.0295. The van der Waals surface area contributed by atoms with Crippen molar-refractivity contribution < 1.29 is 5.11 Å². The quantitative estimate of drug-likeness (QED) is 0.285. The maximum Gasteiger partial charge on any atom is 0.0617 e. The van der Waals surface area contributed by atoms with Crippen LogP contribution >= 0.6 is 0 Å². The smallest absolute Gasteiger partial charge is 0.0617 e. The van der Waals surface area contributed by atoms with Crippen molar-refractivity contribution in [3.05, 3.63) is 69.2 Å². The van der Waals surface area contributed by atoms with E-state index in [1.165, 1.54) is 11.1 Å². The lowest BCUT2D eigenvalue weighted by molar-refractivity contribution is 0.342. The molecule has 0 saturated heterocycles. The van der Waals surface area contributed by atoms with E-state index in [0.717, 1.165) is 24.0 Å². The molecule has 4 heteroatoms. The first kappa shape index (κ1) is 20.0. The van der Waals surface area contributed by atoms with Gasteiger partial charge in [-0.25, -0.2) is 0 Å². The molecule has 0 spiro atoms. The Balaban J connectivity index is 2.98. The molecule has 0 amide bonds. The van der Waals surface area contributed by atoms with Gasteiger partial charge in [0, 0.05) is 4.91 Å². The number of aliphatic hydroxyl groups is 1. The van der Waals surface area contributed by atoms with Crippen LogP contribution in [0.3, 0.4) is 0 Å². The molecular weight excluding hydrogens is 298 g/mol. The van der Waals surface area contributed by atoms with Crippen molar-refractivity contribution in [2.75, 3.05) is 6.61 Å². The molecule has 24 heavy (non-hydrogen) atoms.